The molecule has 1 heterocycles. The van der Waals surface area contributed by atoms with Crippen LogP contribution in [0, 0.1) is 0 Å². The molecule has 5 N–H and O–H groups in total. The van der Waals surface area contributed by atoms with Crippen molar-refractivity contribution in [2.45, 2.75) is 32.4 Å². The highest BCUT2D eigenvalue weighted by Gasteiger charge is 2.21. The molecule has 7 nitrogen and oxygen atoms in total. The molecule has 0 unspecified atom stereocenters. The standard InChI is InChI=1S/C12H17N3O4S/c1-2-7-3-4-8(20-7)6-14-12(19)15-9(11(17)18)5-10(13)16/h3-4,9H,2,5-6H2,1H3,(H2,13,16)(H,17,18)(H2,14,15,19)/t9-/m0/s1. The Balaban J connectivity index is 2.45. The zero-order chi connectivity index (χ0) is 15.1. The lowest BCUT2D eigenvalue weighted by Gasteiger charge is -2.13. The number of thiophene rings is 1. The first-order chi connectivity index (χ1) is 9.42. The largest absolute Gasteiger partial charge is 0.480 e. The van der Waals surface area contributed by atoms with Gasteiger partial charge in [0.1, 0.15) is 6.04 Å². The van der Waals surface area contributed by atoms with Gasteiger partial charge >= 0.3 is 12.0 Å². The summed E-state index contributed by atoms with van der Waals surface area (Å²) >= 11 is 1.58. The molecule has 0 aromatic carbocycles. The fraction of sp³-hybridized carbons (Fsp3) is 0.417. The van der Waals surface area contributed by atoms with E-state index in [1.807, 2.05) is 19.1 Å². The van der Waals surface area contributed by atoms with Crippen LogP contribution in [0.1, 0.15) is 23.1 Å². The van der Waals surface area contributed by atoms with Crippen LogP contribution >= 0.6 is 11.3 Å². The molecule has 0 bridgehead atoms. The van der Waals surface area contributed by atoms with Crippen LogP contribution in [0.25, 0.3) is 0 Å². The number of primary amides is 1. The van der Waals surface area contributed by atoms with E-state index in [1.54, 1.807) is 11.3 Å². The number of amides is 3. The van der Waals surface area contributed by atoms with Gasteiger partial charge in [0.05, 0.1) is 13.0 Å². The fourth-order valence-electron chi connectivity index (χ4n) is 1.49. The van der Waals surface area contributed by atoms with Crippen LogP contribution in [0.5, 0.6) is 0 Å². The first-order valence-corrected chi connectivity index (χ1v) is 6.87. The van der Waals surface area contributed by atoms with Gasteiger partial charge in [-0.25, -0.2) is 9.59 Å². The molecule has 0 aliphatic rings. The van der Waals surface area contributed by atoms with Gasteiger partial charge < -0.3 is 21.5 Å². The highest BCUT2D eigenvalue weighted by molar-refractivity contribution is 7.11. The number of nitrogens with two attached hydrogens (primary N) is 1. The molecule has 1 aromatic heterocycles. The Kier molecular flexibility index (Phi) is 5.98. The summed E-state index contributed by atoms with van der Waals surface area (Å²) in [5.74, 6) is -2.09. The third-order valence-electron chi connectivity index (χ3n) is 2.50. The Labute approximate surface area is 120 Å². The van der Waals surface area contributed by atoms with E-state index in [9.17, 15) is 14.4 Å². The van der Waals surface area contributed by atoms with Crippen LogP contribution in [0.3, 0.4) is 0 Å². The topological polar surface area (TPSA) is 122 Å². The maximum Gasteiger partial charge on any atom is 0.326 e. The molecule has 3 amide bonds. The van der Waals surface area contributed by atoms with E-state index in [1.165, 1.54) is 4.88 Å². The van der Waals surface area contributed by atoms with Gasteiger partial charge in [0, 0.05) is 9.75 Å². The number of carboxylic acid groups (broad SMARTS) is 1. The van der Waals surface area contributed by atoms with E-state index in [-0.39, 0.29) is 0 Å². The van der Waals surface area contributed by atoms with E-state index in [4.69, 9.17) is 10.8 Å². The Hall–Kier alpha value is -2.09. The van der Waals surface area contributed by atoms with E-state index < -0.39 is 30.4 Å². The Morgan fingerprint density at radius 2 is 2.00 bits per heavy atom. The van der Waals surface area contributed by atoms with E-state index in [0.29, 0.717) is 6.54 Å². The molecular formula is C12H17N3O4S. The molecule has 0 saturated heterocycles. The monoisotopic (exact) mass is 299 g/mol. The molecule has 8 heteroatoms. The van der Waals surface area contributed by atoms with Crippen LogP contribution in [0.2, 0.25) is 0 Å². The van der Waals surface area contributed by atoms with Crippen LogP contribution in [-0.4, -0.2) is 29.1 Å². The third kappa shape index (κ3) is 5.27. The average molecular weight is 299 g/mol. The molecule has 1 atom stereocenters. The minimum absolute atomic E-state index is 0.305. The molecule has 1 rings (SSSR count). The lowest BCUT2D eigenvalue weighted by molar-refractivity contribution is -0.140. The smallest absolute Gasteiger partial charge is 0.326 e. The van der Waals surface area contributed by atoms with E-state index >= 15 is 0 Å². The van der Waals surface area contributed by atoms with E-state index in [0.717, 1.165) is 11.3 Å². The summed E-state index contributed by atoms with van der Waals surface area (Å²) in [6.45, 7) is 2.34. The van der Waals surface area contributed by atoms with Crippen molar-refractivity contribution in [1.29, 1.82) is 0 Å². The average Bonchev–Trinajstić information content (AvgIpc) is 2.83. The molecule has 0 saturated carbocycles. The normalized spacial score (nSPS) is 11.7. The van der Waals surface area contributed by atoms with Crippen molar-refractivity contribution in [3.05, 3.63) is 21.9 Å². The predicted molar refractivity (Wildman–Crippen MR) is 74.3 cm³/mol. The summed E-state index contributed by atoms with van der Waals surface area (Å²) in [4.78, 5) is 35.3. The van der Waals surface area contributed by atoms with Crippen LogP contribution in [0.15, 0.2) is 12.1 Å². The number of carbonyl (C=O) groups excluding carboxylic acids is 2. The van der Waals surface area contributed by atoms with Gasteiger partial charge in [-0.1, -0.05) is 6.92 Å². The van der Waals surface area contributed by atoms with Crippen molar-refractivity contribution in [2.75, 3.05) is 0 Å². The summed E-state index contributed by atoms with van der Waals surface area (Å²) in [5, 5.41) is 13.6. The highest BCUT2D eigenvalue weighted by atomic mass is 32.1. The first-order valence-electron chi connectivity index (χ1n) is 6.05. The van der Waals surface area contributed by atoms with Gasteiger partial charge in [0.2, 0.25) is 5.91 Å². The molecule has 110 valence electrons. The number of hydrogen-bond donors (Lipinski definition) is 4. The SMILES string of the molecule is CCc1ccc(CNC(=O)N[C@@H](CC(N)=O)C(=O)O)s1. The summed E-state index contributed by atoms with van der Waals surface area (Å²) in [6.07, 6.45) is 0.484. The van der Waals surface area contributed by atoms with Crippen molar-refractivity contribution in [1.82, 2.24) is 10.6 Å². The minimum atomic E-state index is -1.32. The number of carboxylic acids is 1. The molecule has 1 aromatic rings. The second kappa shape index (κ2) is 7.49. The van der Waals surface area contributed by atoms with Crippen molar-refractivity contribution in [3.8, 4) is 0 Å². The number of aryl methyl sites for hydroxylation is 1. The van der Waals surface area contributed by atoms with Gasteiger partial charge in [-0.05, 0) is 18.6 Å². The summed E-state index contributed by atoms with van der Waals surface area (Å²) in [6, 6.07) is 1.92. The second-order valence-electron chi connectivity index (χ2n) is 4.11. The highest BCUT2D eigenvalue weighted by Crippen LogP contribution is 2.16. The van der Waals surface area contributed by atoms with Crippen molar-refractivity contribution < 1.29 is 19.5 Å². The van der Waals surface area contributed by atoms with Gasteiger partial charge in [-0.2, -0.15) is 0 Å². The molecule has 0 fully saturated rings. The van der Waals surface area contributed by atoms with Gasteiger partial charge in [-0.15, -0.1) is 11.3 Å². The molecule has 0 aliphatic heterocycles. The summed E-state index contributed by atoms with van der Waals surface area (Å²) < 4.78 is 0. The number of nitrogens with one attached hydrogen (secondary N) is 2. The number of hydrogen-bond acceptors (Lipinski definition) is 4. The number of aliphatic carboxylic acids is 1. The Morgan fingerprint density at radius 3 is 2.50 bits per heavy atom. The Bertz CT molecular complexity index is 501. The van der Waals surface area contributed by atoms with Gasteiger partial charge in [0.25, 0.3) is 0 Å². The molecule has 0 aliphatic carbocycles. The van der Waals surface area contributed by atoms with Crippen LogP contribution in [0.4, 0.5) is 4.79 Å². The maximum atomic E-state index is 11.6. The molecule has 0 radical (unpaired) electrons. The maximum absolute atomic E-state index is 11.6. The van der Waals surface area contributed by atoms with Gasteiger partial charge in [0.15, 0.2) is 0 Å². The van der Waals surface area contributed by atoms with Gasteiger partial charge in [-0.3, -0.25) is 4.79 Å². The number of carbonyl (C=O) groups is 3. The molecule has 0 spiro atoms. The molecule has 20 heavy (non-hydrogen) atoms. The molecular weight excluding hydrogens is 282 g/mol. The van der Waals surface area contributed by atoms with Crippen molar-refractivity contribution in [2.24, 2.45) is 5.73 Å². The fourth-order valence-corrected chi connectivity index (χ4v) is 2.38. The Morgan fingerprint density at radius 1 is 1.35 bits per heavy atom. The summed E-state index contributed by atoms with van der Waals surface area (Å²) in [5.41, 5.74) is 4.92. The quantitative estimate of drug-likeness (QED) is 0.583. The second-order valence-corrected chi connectivity index (χ2v) is 5.36. The lowest BCUT2D eigenvalue weighted by Crippen LogP contribution is -2.47. The summed E-state index contributed by atoms with van der Waals surface area (Å²) in [7, 11) is 0. The zero-order valence-electron chi connectivity index (χ0n) is 11.0. The van der Waals surface area contributed by atoms with Crippen LogP contribution in [-0.2, 0) is 22.6 Å². The minimum Gasteiger partial charge on any atom is -0.480 e. The number of urea groups is 1. The number of rotatable bonds is 7. The lowest BCUT2D eigenvalue weighted by atomic mass is 10.2. The zero-order valence-corrected chi connectivity index (χ0v) is 11.8. The van der Waals surface area contributed by atoms with Crippen LogP contribution < -0.4 is 16.4 Å². The predicted octanol–water partition coefficient (Wildman–Crippen LogP) is 0.438. The third-order valence-corrected chi connectivity index (χ3v) is 3.73. The first kappa shape index (κ1) is 16.0. The van der Waals surface area contributed by atoms with E-state index in [2.05, 4.69) is 10.6 Å². The van der Waals surface area contributed by atoms with Crippen molar-refractivity contribution >= 4 is 29.2 Å². The van der Waals surface area contributed by atoms with Crippen molar-refractivity contribution in [3.63, 3.8) is 0 Å².